The molecular weight excluding hydrogens is 219 g/mol. The van der Waals surface area contributed by atoms with Gasteiger partial charge in [-0.2, -0.15) is 0 Å². The summed E-state index contributed by atoms with van der Waals surface area (Å²) in [6.45, 7) is 2.01. The van der Waals surface area contributed by atoms with Crippen LogP contribution < -0.4 is 5.32 Å². The first-order valence-electron chi connectivity index (χ1n) is 5.34. The second-order valence-electron chi connectivity index (χ2n) is 3.79. The lowest BCUT2D eigenvalue weighted by atomic mass is 10.2. The summed E-state index contributed by atoms with van der Waals surface area (Å²) in [6, 6.07) is 8.09. The topological polar surface area (TPSA) is 44.9 Å². The molecule has 0 aliphatic rings. The molecule has 1 heterocycles. The Hall–Kier alpha value is -2.10. The SMILES string of the molecule is Cc1[nH]ccc1C(=O)NCc1ccccc1F. The standard InChI is InChI=1S/C13H13FN2O/c1-9-11(6-7-15-9)13(17)16-8-10-4-2-3-5-12(10)14/h2-7,15H,8H2,1H3,(H,16,17). The van der Waals surface area contributed by atoms with Crippen molar-refractivity contribution in [2.24, 2.45) is 0 Å². The minimum absolute atomic E-state index is 0.191. The molecule has 2 N–H and O–H groups in total. The Balaban J connectivity index is 2.02. The number of nitrogens with one attached hydrogen (secondary N) is 2. The highest BCUT2D eigenvalue weighted by Crippen LogP contribution is 2.08. The van der Waals surface area contributed by atoms with E-state index in [-0.39, 0.29) is 18.3 Å². The number of H-pyrrole nitrogens is 1. The highest BCUT2D eigenvalue weighted by Gasteiger charge is 2.09. The third-order valence-corrected chi connectivity index (χ3v) is 2.60. The van der Waals surface area contributed by atoms with Gasteiger partial charge in [0.05, 0.1) is 5.56 Å². The van der Waals surface area contributed by atoms with Crippen LogP contribution in [0, 0.1) is 12.7 Å². The fourth-order valence-corrected chi connectivity index (χ4v) is 1.61. The third-order valence-electron chi connectivity index (χ3n) is 2.60. The van der Waals surface area contributed by atoms with Gasteiger partial charge in [-0.05, 0) is 19.1 Å². The van der Waals surface area contributed by atoms with Crippen LogP contribution in [0.5, 0.6) is 0 Å². The second-order valence-corrected chi connectivity index (χ2v) is 3.79. The number of rotatable bonds is 3. The number of carbonyl (C=O) groups excluding carboxylic acids is 1. The Kier molecular flexibility index (Phi) is 3.23. The molecule has 0 saturated heterocycles. The average molecular weight is 232 g/mol. The van der Waals surface area contributed by atoms with E-state index in [1.807, 2.05) is 6.92 Å². The lowest BCUT2D eigenvalue weighted by Gasteiger charge is -2.05. The van der Waals surface area contributed by atoms with E-state index in [2.05, 4.69) is 10.3 Å². The smallest absolute Gasteiger partial charge is 0.253 e. The molecule has 0 radical (unpaired) electrons. The first kappa shape index (κ1) is 11.4. The van der Waals surface area contributed by atoms with Crippen LogP contribution in [0.4, 0.5) is 4.39 Å². The molecule has 0 bridgehead atoms. The molecule has 0 spiro atoms. The average Bonchev–Trinajstić information content (AvgIpc) is 2.74. The molecule has 2 aromatic rings. The van der Waals surface area contributed by atoms with E-state index in [9.17, 15) is 9.18 Å². The van der Waals surface area contributed by atoms with Crippen molar-refractivity contribution in [3.05, 3.63) is 59.2 Å². The van der Waals surface area contributed by atoms with Crippen LogP contribution in [-0.2, 0) is 6.54 Å². The van der Waals surface area contributed by atoms with Crippen molar-refractivity contribution in [3.8, 4) is 0 Å². The Bertz CT molecular complexity index is 534. The molecule has 1 aromatic heterocycles. The number of halogens is 1. The first-order valence-corrected chi connectivity index (χ1v) is 5.34. The van der Waals surface area contributed by atoms with Crippen molar-refractivity contribution in [2.75, 3.05) is 0 Å². The van der Waals surface area contributed by atoms with Gasteiger partial charge in [-0.1, -0.05) is 18.2 Å². The molecule has 3 nitrogen and oxygen atoms in total. The van der Waals surface area contributed by atoms with Gasteiger partial charge in [0.2, 0.25) is 0 Å². The summed E-state index contributed by atoms with van der Waals surface area (Å²) in [5.41, 5.74) is 1.87. The molecule has 0 atom stereocenters. The molecule has 0 aliphatic heterocycles. The number of carbonyl (C=O) groups is 1. The van der Waals surface area contributed by atoms with Gasteiger partial charge in [-0.25, -0.2) is 4.39 Å². The van der Waals surface area contributed by atoms with Crippen molar-refractivity contribution in [2.45, 2.75) is 13.5 Å². The maximum atomic E-state index is 13.3. The van der Waals surface area contributed by atoms with E-state index in [0.29, 0.717) is 11.1 Å². The predicted octanol–water partition coefficient (Wildman–Crippen LogP) is 2.39. The van der Waals surface area contributed by atoms with E-state index in [1.54, 1.807) is 30.5 Å². The summed E-state index contributed by atoms with van der Waals surface area (Å²) in [4.78, 5) is 14.7. The Morgan fingerprint density at radius 2 is 2.12 bits per heavy atom. The minimum atomic E-state index is -0.307. The molecule has 2 rings (SSSR count). The van der Waals surface area contributed by atoms with Gasteiger partial charge in [-0.15, -0.1) is 0 Å². The molecular formula is C13H13FN2O. The van der Waals surface area contributed by atoms with Crippen molar-refractivity contribution in [3.63, 3.8) is 0 Å². The van der Waals surface area contributed by atoms with Crippen molar-refractivity contribution in [1.29, 1.82) is 0 Å². The number of aromatic amines is 1. The van der Waals surface area contributed by atoms with Crippen LogP contribution in [0.1, 0.15) is 21.6 Å². The summed E-state index contributed by atoms with van der Waals surface area (Å²) in [5, 5.41) is 2.68. The van der Waals surface area contributed by atoms with Gasteiger partial charge in [0, 0.05) is 24.0 Å². The van der Waals surface area contributed by atoms with Gasteiger partial charge in [0.1, 0.15) is 5.82 Å². The van der Waals surface area contributed by atoms with E-state index < -0.39 is 0 Å². The van der Waals surface area contributed by atoms with Gasteiger partial charge in [-0.3, -0.25) is 4.79 Å². The van der Waals surface area contributed by atoms with Crippen molar-refractivity contribution in [1.82, 2.24) is 10.3 Å². The van der Waals surface area contributed by atoms with Gasteiger partial charge in [0.25, 0.3) is 5.91 Å². The Morgan fingerprint density at radius 3 is 2.76 bits per heavy atom. The number of aryl methyl sites for hydroxylation is 1. The zero-order valence-corrected chi connectivity index (χ0v) is 9.46. The van der Waals surface area contributed by atoms with Crippen LogP contribution in [0.15, 0.2) is 36.5 Å². The predicted molar refractivity (Wildman–Crippen MR) is 63.1 cm³/mol. The minimum Gasteiger partial charge on any atom is -0.365 e. The van der Waals surface area contributed by atoms with Crippen LogP contribution in [0.2, 0.25) is 0 Å². The Morgan fingerprint density at radius 1 is 1.35 bits per heavy atom. The van der Waals surface area contributed by atoms with Crippen molar-refractivity contribution < 1.29 is 9.18 Å². The van der Waals surface area contributed by atoms with Crippen LogP contribution in [0.25, 0.3) is 0 Å². The molecule has 0 fully saturated rings. The number of hydrogen-bond acceptors (Lipinski definition) is 1. The monoisotopic (exact) mass is 232 g/mol. The lowest BCUT2D eigenvalue weighted by molar-refractivity contribution is 0.0950. The van der Waals surface area contributed by atoms with Gasteiger partial charge >= 0.3 is 0 Å². The molecule has 1 amide bonds. The number of aromatic nitrogens is 1. The largest absolute Gasteiger partial charge is 0.365 e. The highest BCUT2D eigenvalue weighted by molar-refractivity contribution is 5.95. The van der Waals surface area contributed by atoms with Crippen LogP contribution in [-0.4, -0.2) is 10.9 Å². The third kappa shape index (κ3) is 2.53. The fraction of sp³-hybridized carbons (Fsp3) is 0.154. The molecule has 1 aromatic carbocycles. The maximum Gasteiger partial charge on any atom is 0.253 e. The normalized spacial score (nSPS) is 10.2. The maximum absolute atomic E-state index is 13.3. The summed E-state index contributed by atoms with van der Waals surface area (Å²) in [6.07, 6.45) is 1.70. The van der Waals surface area contributed by atoms with Crippen LogP contribution in [0.3, 0.4) is 0 Å². The van der Waals surface area contributed by atoms with Gasteiger partial charge in [0.15, 0.2) is 0 Å². The molecule has 17 heavy (non-hydrogen) atoms. The molecule has 0 saturated carbocycles. The summed E-state index contributed by atoms with van der Waals surface area (Å²) < 4.78 is 13.3. The quantitative estimate of drug-likeness (QED) is 0.838. The van der Waals surface area contributed by atoms with Gasteiger partial charge < -0.3 is 10.3 Å². The second kappa shape index (κ2) is 4.82. The molecule has 4 heteroatoms. The van der Waals surface area contributed by atoms with Crippen LogP contribution >= 0.6 is 0 Å². The van der Waals surface area contributed by atoms with Crippen molar-refractivity contribution >= 4 is 5.91 Å². The summed E-state index contributed by atoms with van der Waals surface area (Å²) in [5.74, 6) is -0.509. The molecule has 0 unspecified atom stereocenters. The van der Waals surface area contributed by atoms with E-state index in [1.165, 1.54) is 6.07 Å². The fourth-order valence-electron chi connectivity index (χ4n) is 1.61. The summed E-state index contributed by atoms with van der Waals surface area (Å²) in [7, 11) is 0. The molecule has 88 valence electrons. The number of hydrogen-bond donors (Lipinski definition) is 2. The first-order chi connectivity index (χ1) is 8.18. The Labute approximate surface area is 98.7 Å². The number of benzene rings is 1. The lowest BCUT2D eigenvalue weighted by Crippen LogP contribution is -2.23. The summed E-state index contributed by atoms with van der Waals surface area (Å²) >= 11 is 0. The zero-order chi connectivity index (χ0) is 12.3. The van der Waals surface area contributed by atoms with E-state index in [0.717, 1.165) is 5.69 Å². The zero-order valence-electron chi connectivity index (χ0n) is 9.46. The molecule has 0 aliphatic carbocycles. The van der Waals surface area contributed by atoms with E-state index >= 15 is 0 Å². The number of amides is 1. The highest BCUT2D eigenvalue weighted by atomic mass is 19.1. The van der Waals surface area contributed by atoms with E-state index in [4.69, 9.17) is 0 Å².